The van der Waals surface area contributed by atoms with Crippen molar-refractivity contribution in [1.82, 2.24) is 5.32 Å². The predicted molar refractivity (Wildman–Crippen MR) is 62.1 cm³/mol. The number of hydrogen-bond donors (Lipinski definition) is 1. The van der Waals surface area contributed by atoms with E-state index in [9.17, 15) is 0 Å². The highest BCUT2D eigenvalue weighted by atomic mass is 35.5. The van der Waals surface area contributed by atoms with Gasteiger partial charge in [-0.05, 0) is 25.5 Å². The van der Waals surface area contributed by atoms with Crippen molar-refractivity contribution in [2.45, 2.75) is 32.1 Å². The Morgan fingerprint density at radius 1 is 1.47 bits per heavy atom. The van der Waals surface area contributed by atoms with E-state index in [0.29, 0.717) is 0 Å². The molecule has 15 heavy (non-hydrogen) atoms. The summed E-state index contributed by atoms with van der Waals surface area (Å²) < 4.78 is 5.84. The molecule has 1 aromatic carbocycles. The molecule has 1 heterocycles. The quantitative estimate of drug-likeness (QED) is 0.836. The van der Waals surface area contributed by atoms with Crippen LogP contribution in [0.3, 0.4) is 0 Å². The van der Waals surface area contributed by atoms with Gasteiger partial charge in [-0.1, -0.05) is 29.8 Å². The Morgan fingerprint density at radius 2 is 2.20 bits per heavy atom. The Labute approximate surface area is 95.6 Å². The summed E-state index contributed by atoms with van der Waals surface area (Å²) in [5.41, 5.74) is 1.07. The predicted octanol–water partition coefficient (Wildman–Crippen LogP) is 2.61. The zero-order valence-electron chi connectivity index (χ0n) is 9.09. The molecule has 1 fully saturated rings. The molecule has 1 saturated heterocycles. The lowest BCUT2D eigenvalue weighted by Crippen LogP contribution is -2.25. The minimum Gasteiger partial charge on any atom is -0.356 e. The first-order valence-electron chi connectivity index (χ1n) is 5.21. The molecule has 1 N–H and O–H groups in total. The SMILES string of the molecule is CC1(C)CNC(Cc2ccccc2Cl)O1. The van der Waals surface area contributed by atoms with Crippen LogP contribution in [0.1, 0.15) is 19.4 Å². The van der Waals surface area contributed by atoms with E-state index in [1.54, 1.807) is 0 Å². The number of benzene rings is 1. The molecule has 2 rings (SSSR count). The number of ether oxygens (including phenoxy) is 1. The summed E-state index contributed by atoms with van der Waals surface area (Å²) in [7, 11) is 0. The van der Waals surface area contributed by atoms with E-state index < -0.39 is 0 Å². The lowest BCUT2D eigenvalue weighted by Gasteiger charge is -2.17. The standard InChI is InChI=1S/C12H16ClNO/c1-12(2)8-14-11(15-12)7-9-5-3-4-6-10(9)13/h3-6,11,14H,7-8H2,1-2H3. The molecular formula is C12H16ClNO. The van der Waals surface area contributed by atoms with Crippen molar-refractivity contribution in [2.75, 3.05) is 6.54 Å². The summed E-state index contributed by atoms with van der Waals surface area (Å²) in [6.07, 6.45) is 0.906. The fraction of sp³-hybridized carbons (Fsp3) is 0.500. The average molecular weight is 226 g/mol. The van der Waals surface area contributed by atoms with Crippen molar-refractivity contribution in [3.05, 3.63) is 34.9 Å². The third-order valence-electron chi connectivity index (χ3n) is 2.58. The van der Waals surface area contributed by atoms with Gasteiger partial charge in [-0.25, -0.2) is 0 Å². The molecule has 0 aromatic heterocycles. The molecule has 0 saturated carbocycles. The average Bonchev–Trinajstić information content (AvgIpc) is 2.50. The Kier molecular flexibility index (Phi) is 3.01. The zero-order chi connectivity index (χ0) is 10.9. The van der Waals surface area contributed by atoms with E-state index >= 15 is 0 Å². The Morgan fingerprint density at radius 3 is 2.80 bits per heavy atom. The van der Waals surface area contributed by atoms with Gasteiger partial charge in [0.2, 0.25) is 0 Å². The first kappa shape index (κ1) is 10.9. The van der Waals surface area contributed by atoms with Crippen molar-refractivity contribution in [2.24, 2.45) is 0 Å². The van der Waals surface area contributed by atoms with E-state index in [0.717, 1.165) is 23.6 Å². The van der Waals surface area contributed by atoms with Gasteiger partial charge in [0.25, 0.3) is 0 Å². The lowest BCUT2D eigenvalue weighted by atomic mass is 10.1. The van der Waals surface area contributed by atoms with Crippen LogP contribution in [0, 0.1) is 0 Å². The van der Waals surface area contributed by atoms with Gasteiger partial charge in [-0.3, -0.25) is 5.32 Å². The minimum atomic E-state index is -0.0636. The summed E-state index contributed by atoms with van der Waals surface area (Å²) in [6.45, 7) is 5.07. The topological polar surface area (TPSA) is 21.3 Å². The van der Waals surface area contributed by atoms with Crippen molar-refractivity contribution in [3.8, 4) is 0 Å². The summed E-state index contributed by atoms with van der Waals surface area (Å²) in [6, 6.07) is 7.90. The molecular weight excluding hydrogens is 210 g/mol. The van der Waals surface area contributed by atoms with E-state index in [1.807, 2.05) is 24.3 Å². The Balaban J connectivity index is 2.02. The Bertz CT molecular complexity index is 351. The number of hydrogen-bond acceptors (Lipinski definition) is 2. The van der Waals surface area contributed by atoms with Crippen LogP contribution in [0.15, 0.2) is 24.3 Å². The second-order valence-corrected chi connectivity index (χ2v) is 4.95. The summed E-state index contributed by atoms with van der Waals surface area (Å²) >= 11 is 6.09. The van der Waals surface area contributed by atoms with Crippen LogP contribution >= 0.6 is 11.6 Å². The molecule has 2 nitrogen and oxygen atoms in total. The van der Waals surface area contributed by atoms with Crippen molar-refractivity contribution < 1.29 is 4.74 Å². The van der Waals surface area contributed by atoms with Gasteiger partial charge in [0.15, 0.2) is 0 Å². The van der Waals surface area contributed by atoms with Gasteiger partial charge in [-0.15, -0.1) is 0 Å². The van der Waals surface area contributed by atoms with Crippen molar-refractivity contribution in [1.29, 1.82) is 0 Å². The number of rotatable bonds is 2. The molecule has 0 amide bonds. The normalized spacial score (nSPS) is 24.3. The highest BCUT2D eigenvalue weighted by Gasteiger charge is 2.31. The van der Waals surface area contributed by atoms with Gasteiger partial charge in [0, 0.05) is 18.0 Å². The molecule has 1 aliphatic rings. The van der Waals surface area contributed by atoms with E-state index in [1.165, 1.54) is 0 Å². The fourth-order valence-electron chi connectivity index (χ4n) is 1.81. The highest BCUT2D eigenvalue weighted by molar-refractivity contribution is 6.31. The molecule has 1 atom stereocenters. The largest absolute Gasteiger partial charge is 0.356 e. The maximum absolute atomic E-state index is 6.09. The molecule has 0 bridgehead atoms. The molecule has 0 spiro atoms. The van der Waals surface area contributed by atoms with Crippen LogP contribution in [-0.4, -0.2) is 18.4 Å². The van der Waals surface area contributed by atoms with Crippen LogP contribution < -0.4 is 5.32 Å². The van der Waals surface area contributed by atoms with Crippen molar-refractivity contribution >= 4 is 11.6 Å². The van der Waals surface area contributed by atoms with Gasteiger partial charge in [-0.2, -0.15) is 0 Å². The molecule has 3 heteroatoms. The molecule has 1 unspecified atom stereocenters. The first-order chi connectivity index (χ1) is 7.07. The van der Waals surface area contributed by atoms with E-state index in [-0.39, 0.29) is 11.8 Å². The van der Waals surface area contributed by atoms with Crippen LogP contribution in [0.25, 0.3) is 0 Å². The van der Waals surface area contributed by atoms with Crippen molar-refractivity contribution in [3.63, 3.8) is 0 Å². The second kappa shape index (κ2) is 4.12. The lowest BCUT2D eigenvalue weighted by molar-refractivity contribution is -0.0136. The molecule has 0 radical (unpaired) electrons. The van der Waals surface area contributed by atoms with Gasteiger partial charge in [0.05, 0.1) is 5.60 Å². The third-order valence-corrected chi connectivity index (χ3v) is 2.95. The van der Waals surface area contributed by atoms with E-state index in [4.69, 9.17) is 16.3 Å². The Hall–Kier alpha value is -0.570. The zero-order valence-corrected chi connectivity index (χ0v) is 9.84. The monoisotopic (exact) mass is 225 g/mol. The van der Waals surface area contributed by atoms with Crippen LogP contribution in [0.4, 0.5) is 0 Å². The van der Waals surface area contributed by atoms with Gasteiger partial charge < -0.3 is 4.74 Å². The van der Waals surface area contributed by atoms with Crippen LogP contribution in [0.2, 0.25) is 5.02 Å². The molecule has 82 valence electrons. The summed E-state index contributed by atoms with van der Waals surface area (Å²) in [5.74, 6) is 0. The molecule has 1 aromatic rings. The highest BCUT2D eigenvalue weighted by Crippen LogP contribution is 2.22. The maximum atomic E-state index is 6.09. The van der Waals surface area contributed by atoms with Crippen LogP contribution in [0.5, 0.6) is 0 Å². The van der Waals surface area contributed by atoms with Gasteiger partial charge in [0.1, 0.15) is 6.23 Å². The molecule has 0 aliphatic carbocycles. The second-order valence-electron chi connectivity index (χ2n) is 4.54. The summed E-state index contributed by atoms with van der Waals surface area (Å²) in [4.78, 5) is 0. The number of nitrogens with one attached hydrogen (secondary N) is 1. The van der Waals surface area contributed by atoms with E-state index in [2.05, 4.69) is 19.2 Å². The number of halogens is 1. The third kappa shape index (κ3) is 2.71. The minimum absolute atomic E-state index is 0.0636. The summed E-state index contributed by atoms with van der Waals surface area (Å²) in [5, 5.41) is 4.15. The maximum Gasteiger partial charge on any atom is 0.113 e. The van der Waals surface area contributed by atoms with Crippen LogP contribution in [-0.2, 0) is 11.2 Å². The smallest absolute Gasteiger partial charge is 0.113 e. The fourth-order valence-corrected chi connectivity index (χ4v) is 2.02. The molecule has 1 aliphatic heterocycles. The van der Waals surface area contributed by atoms with Gasteiger partial charge >= 0.3 is 0 Å². The first-order valence-corrected chi connectivity index (χ1v) is 5.59.